The topological polar surface area (TPSA) is 64.6 Å². The fourth-order valence-corrected chi connectivity index (χ4v) is 3.83. The van der Waals surface area contributed by atoms with Crippen LogP contribution < -0.4 is 5.32 Å². The number of nitrogens with one attached hydrogen (secondary N) is 1. The van der Waals surface area contributed by atoms with Crippen molar-refractivity contribution in [3.05, 3.63) is 35.4 Å². The van der Waals surface area contributed by atoms with E-state index in [1.807, 2.05) is 24.3 Å². The molecule has 0 heterocycles. The third kappa shape index (κ3) is 8.98. The van der Waals surface area contributed by atoms with Crippen LogP contribution in [-0.2, 0) is 31.4 Å². The number of benzene rings is 1. The molecular weight excluding hydrogens is 349 g/mol. The van der Waals surface area contributed by atoms with Gasteiger partial charge in [0.2, 0.25) is 5.91 Å². The van der Waals surface area contributed by atoms with Crippen LogP contribution in [0.2, 0.25) is 0 Å². The Balaban J connectivity index is 2.42. The molecule has 1 rings (SSSR count). The van der Waals surface area contributed by atoms with Gasteiger partial charge in [-0.1, -0.05) is 51.0 Å². The van der Waals surface area contributed by atoms with Crippen molar-refractivity contribution in [3.8, 4) is 0 Å². The number of rotatable bonds is 13. The summed E-state index contributed by atoms with van der Waals surface area (Å²) in [5, 5.41) is 3.05. The van der Waals surface area contributed by atoms with E-state index in [1.54, 1.807) is 6.92 Å². The molecule has 0 fully saturated rings. The number of hydrogen-bond acceptors (Lipinski definition) is 4. The Bertz CT molecular complexity index is 568. The second-order valence-electron chi connectivity index (χ2n) is 6.58. The minimum absolute atomic E-state index is 0.122. The maximum atomic E-state index is 12.3. The van der Waals surface area contributed by atoms with Crippen LogP contribution in [-0.4, -0.2) is 25.8 Å². The Morgan fingerprint density at radius 3 is 2.15 bits per heavy atom. The van der Waals surface area contributed by atoms with Crippen LogP contribution in [0.15, 0.2) is 24.3 Å². The van der Waals surface area contributed by atoms with E-state index in [0.29, 0.717) is 26.2 Å². The molecule has 5 nitrogen and oxygen atoms in total. The predicted octanol–water partition coefficient (Wildman–Crippen LogP) is 4.94. The lowest BCUT2D eigenvalue weighted by molar-refractivity contribution is -0.125. The molecule has 1 N–H and O–H groups in total. The molecule has 0 spiro atoms. The van der Waals surface area contributed by atoms with E-state index < -0.39 is 7.60 Å². The monoisotopic (exact) mass is 383 g/mol. The molecule has 1 unspecified atom stereocenters. The lowest BCUT2D eigenvalue weighted by Gasteiger charge is -2.15. The largest absolute Gasteiger partial charge is 0.352 e. The van der Waals surface area contributed by atoms with E-state index in [0.717, 1.165) is 36.8 Å². The third-order valence-electron chi connectivity index (χ3n) is 4.21. The van der Waals surface area contributed by atoms with Gasteiger partial charge >= 0.3 is 7.60 Å². The van der Waals surface area contributed by atoms with Gasteiger partial charge in [-0.05, 0) is 37.3 Å². The van der Waals surface area contributed by atoms with Gasteiger partial charge in [-0.3, -0.25) is 9.36 Å². The highest BCUT2D eigenvalue weighted by Crippen LogP contribution is 2.43. The molecule has 0 saturated carbocycles. The number of carbonyl (C=O) groups is 1. The molecule has 1 atom stereocenters. The van der Waals surface area contributed by atoms with Crippen LogP contribution in [0.1, 0.15) is 57.6 Å². The normalized spacial score (nSPS) is 13.6. The maximum Gasteiger partial charge on any atom is 0.327 e. The fourth-order valence-electron chi connectivity index (χ4n) is 2.86. The summed E-state index contributed by atoms with van der Waals surface area (Å²) in [6.45, 7) is 8.81. The van der Waals surface area contributed by atoms with Crippen molar-refractivity contribution >= 4 is 13.5 Å². The number of amides is 1. The fraction of sp³-hybridized carbons (Fsp3) is 0.650. The lowest BCUT2D eigenvalue weighted by Crippen LogP contribution is -2.30. The van der Waals surface area contributed by atoms with Gasteiger partial charge in [0.25, 0.3) is 0 Å². The molecule has 6 heteroatoms. The summed E-state index contributed by atoms with van der Waals surface area (Å²) in [6, 6.07) is 8.06. The zero-order valence-corrected chi connectivity index (χ0v) is 17.5. The van der Waals surface area contributed by atoms with Gasteiger partial charge < -0.3 is 14.4 Å². The summed E-state index contributed by atoms with van der Waals surface area (Å²) in [5.41, 5.74) is 2.18. The molecule has 0 bridgehead atoms. The van der Waals surface area contributed by atoms with Gasteiger partial charge in [0.15, 0.2) is 0 Å². The first-order valence-corrected chi connectivity index (χ1v) is 11.6. The van der Waals surface area contributed by atoms with E-state index in [2.05, 4.69) is 19.2 Å². The zero-order chi connectivity index (χ0) is 19.4. The molecule has 0 radical (unpaired) electrons. The Morgan fingerprint density at radius 1 is 1.04 bits per heavy atom. The van der Waals surface area contributed by atoms with Crippen LogP contribution in [0, 0.1) is 5.92 Å². The van der Waals surface area contributed by atoms with Crippen molar-refractivity contribution in [1.82, 2.24) is 5.32 Å². The first-order chi connectivity index (χ1) is 12.4. The highest BCUT2D eigenvalue weighted by atomic mass is 31.2. The molecule has 0 aliphatic carbocycles. The molecule has 0 aliphatic heterocycles. The van der Waals surface area contributed by atoms with Crippen molar-refractivity contribution in [3.63, 3.8) is 0 Å². The van der Waals surface area contributed by atoms with Crippen LogP contribution in [0.3, 0.4) is 0 Å². The smallest absolute Gasteiger partial charge is 0.327 e. The summed E-state index contributed by atoms with van der Waals surface area (Å²) in [6.07, 6.45) is 4.63. The van der Waals surface area contributed by atoms with Crippen molar-refractivity contribution in [2.24, 2.45) is 5.92 Å². The van der Waals surface area contributed by atoms with Crippen molar-refractivity contribution < 1.29 is 18.4 Å². The van der Waals surface area contributed by atoms with E-state index >= 15 is 0 Å². The molecule has 1 aromatic carbocycles. The highest BCUT2D eigenvalue weighted by Gasteiger charge is 2.16. The zero-order valence-electron chi connectivity index (χ0n) is 16.6. The van der Waals surface area contributed by atoms with Crippen LogP contribution >= 0.6 is 7.60 Å². The molecular formula is C20H34NO4P. The third-order valence-corrected chi connectivity index (χ3v) is 5.59. The summed E-state index contributed by atoms with van der Waals surface area (Å²) in [4.78, 5) is 12.3. The second-order valence-corrected chi connectivity index (χ2v) is 8.64. The molecule has 1 amide bonds. The van der Waals surface area contributed by atoms with E-state index in [4.69, 9.17) is 9.05 Å². The molecule has 26 heavy (non-hydrogen) atoms. The summed E-state index contributed by atoms with van der Waals surface area (Å²) in [7, 11) is -2.93. The van der Waals surface area contributed by atoms with Gasteiger partial charge in [0, 0.05) is 19.1 Å². The SMILES string of the molecule is CCCC(CCC)C(=O)NCc1ccc(CCOP(C)(=O)OCC)cc1. The van der Waals surface area contributed by atoms with E-state index in [-0.39, 0.29) is 11.8 Å². The lowest BCUT2D eigenvalue weighted by atomic mass is 9.97. The van der Waals surface area contributed by atoms with Gasteiger partial charge in [-0.2, -0.15) is 0 Å². The molecule has 1 aromatic rings. The van der Waals surface area contributed by atoms with Gasteiger partial charge in [0.1, 0.15) is 0 Å². The molecule has 0 aromatic heterocycles. The van der Waals surface area contributed by atoms with Crippen molar-refractivity contribution in [2.45, 2.75) is 59.4 Å². The minimum Gasteiger partial charge on any atom is -0.352 e. The second kappa shape index (κ2) is 12.3. The first kappa shape index (κ1) is 22.9. The Morgan fingerprint density at radius 2 is 1.62 bits per heavy atom. The summed E-state index contributed by atoms with van der Waals surface area (Å²) >= 11 is 0. The molecule has 0 aliphatic rings. The highest BCUT2D eigenvalue weighted by molar-refractivity contribution is 7.52. The van der Waals surface area contributed by atoms with E-state index in [9.17, 15) is 9.36 Å². The quantitative estimate of drug-likeness (QED) is 0.490. The Hall–Kier alpha value is -1.16. The average Bonchev–Trinajstić information content (AvgIpc) is 2.60. The van der Waals surface area contributed by atoms with Gasteiger partial charge in [-0.25, -0.2) is 0 Å². The Labute approximate surface area is 158 Å². The number of hydrogen-bond donors (Lipinski definition) is 1. The van der Waals surface area contributed by atoms with Gasteiger partial charge in [-0.15, -0.1) is 0 Å². The van der Waals surface area contributed by atoms with E-state index in [1.165, 1.54) is 6.66 Å². The molecule has 148 valence electrons. The summed E-state index contributed by atoms with van der Waals surface area (Å²) < 4.78 is 22.3. The minimum atomic E-state index is -2.93. The van der Waals surface area contributed by atoms with Crippen LogP contribution in [0.4, 0.5) is 0 Å². The predicted molar refractivity (Wildman–Crippen MR) is 106 cm³/mol. The van der Waals surface area contributed by atoms with Crippen LogP contribution in [0.25, 0.3) is 0 Å². The number of carbonyl (C=O) groups excluding carboxylic acids is 1. The van der Waals surface area contributed by atoms with Crippen LogP contribution in [0.5, 0.6) is 0 Å². The average molecular weight is 383 g/mol. The first-order valence-electron chi connectivity index (χ1n) is 9.63. The maximum absolute atomic E-state index is 12.3. The summed E-state index contributed by atoms with van der Waals surface area (Å²) in [5.74, 6) is 0.275. The molecule has 0 saturated heterocycles. The van der Waals surface area contributed by atoms with Crippen molar-refractivity contribution in [1.29, 1.82) is 0 Å². The van der Waals surface area contributed by atoms with Crippen molar-refractivity contribution in [2.75, 3.05) is 19.9 Å². The van der Waals surface area contributed by atoms with Gasteiger partial charge in [0.05, 0.1) is 13.2 Å². The standard InChI is InChI=1S/C20H34NO4P/c1-5-8-19(9-6-2)20(22)21-16-18-12-10-17(11-13-18)14-15-25-26(4,23)24-7-3/h10-13,19H,5-9,14-16H2,1-4H3,(H,21,22). The Kier molecular flexibility index (Phi) is 10.8.